The smallest absolute Gasteiger partial charge is 0.119 e. The van der Waals surface area contributed by atoms with Gasteiger partial charge in [0.25, 0.3) is 0 Å². The largest absolute Gasteiger partial charge is 0.494 e. The summed E-state index contributed by atoms with van der Waals surface area (Å²) < 4.78 is 11.4. The highest BCUT2D eigenvalue weighted by molar-refractivity contribution is 5.34. The predicted octanol–water partition coefficient (Wildman–Crippen LogP) is 2.83. The van der Waals surface area contributed by atoms with E-state index in [9.17, 15) is 0 Å². The zero-order chi connectivity index (χ0) is 14.9. The van der Waals surface area contributed by atoms with Gasteiger partial charge in [0.15, 0.2) is 0 Å². The molecular weight excluding hydrogens is 264 g/mol. The van der Waals surface area contributed by atoms with Crippen molar-refractivity contribution < 1.29 is 9.47 Å². The third-order valence-electron chi connectivity index (χ3n) is 3.81. The molecule has 1 heterocycles. The van der Waals surface area contributed by atoms with Gasteiger partial charge in [0.2, 0.25) is 0 Å². The molecule has 0 spiro atoms. The van der Waals surface area contributed by atoms with Crippen LogP contribution in [0.3, 0.4) is 0 Å². The summed E-state index contributed by atoms with van der Waals surface area (Å²) in [5.74, 6) is 0.837. The lowest BCUT2D eigenvalue weighted by atomic mass is 10.1. The van der Waals surface area contributed by atoms with Gasteiger partial charge in [-0.2, -0.15) is 5.26 Å². The number of ether oxygens (including phenoxy) is 2. The molecule has 0 saturated carbocycles. The van der Waals surface area contributed by atoms with Crippen molar-refractivity contribution in [2.75, 3.05) is 32.8 Å². The van der Waals surface area contributed by atoms with Gasteiger partial charge in [-0.1, -0.05) is 0 Å². The highest BCUT2D eigenvalue weighted by atomic mass is 16.5. The molecule has 1 saturated heterocycles. The van der Waals surface area contributed by atoms with E-state index in [0.29, 0.717) is 11.7 Å². The Morgan fingerprint density at radius 3 is 2.57 bits per heavy atom. The molecule has 1 aliphatic heterocycles. The average Bonchev–Trinajstić information content (AvgIpc) is 2.54. The number of likely N-dealkylation sites (tertiary alicyclic amines) is 1. The van der Waals surface area contributed by atoms with E-state index in [1.165, 1.54) is 0 Å². The number of benzene rings is 1. The SMILES string of the molecule is CCOC1CCN(CCCOc2ccc(C#N)cc2)CC1. The normalized spacial score (nSPS) is 16.6. The summed E-state index contributed by atoms with van der Waals surface area (Å²) in [6, 6.07) is 9.38. The van der Waals surface area contributed by atoms with Crippen molar-refractivity contribution in [2.24, 2.45) is 0 Å². The van der Waals surface area contributed by atoms with Crippen LogP contribution < -0.4 is 4.74 Å². The number of nitriles is 1. The van der Waals surface area contributed by atoms with E-state index < -0.39 is 0 Å². The van der Waals surface area contributed by atoms with Crippen molar-refractivity contribution in [3.8, 4) is 11.8 Å². The van der Waals surface area contributed by atoms with Crippen LogP contribution in [0.15, 0.2) is 24.3 Å². The van der Waals surface area contributed by atoms with E-state index in [0.717, 1.165) is 57.9 Å². The van der Waals surface area contributed by atoms with Crippen LogP contribution in [-0.2, 0) is 4.74 Å². The van der Waals surface area contributed by atoms with E-state index >= 15 is 0 Å². The van der Waals surface area contributed by atoms with Gasteiger partial charge in [-0.3, -0.25) is 0 Å². The van der Waals surface area contributed by atoms with E-state index in [4.69, 9.17) is 14.7 Å². The molecule has 0 amide bonds. The van der Waals surface area contributed by atoms with Crippen LogP contribution in [0.2, 0.25) is 0 Å². The number of nitrogens with zero attached hydrogens (tertiary/aromatic N) is 2. The lowest BCUT2D eigenvalue weighted by Crippen LogP contribution is -2.37. The van der Waals surface area contributed by atoms with Crippen molar-refractivity contribution in [3.63, 3.8) is 0 Å². The number of piperidine rings is 1. The summed E-state index contributed by atoms with van der Waals surface area (Å²) >= 11 is 0. The summed E-state index contributed by atoms with van der Waals surface area (Å²) in [4.78, 5) is 2.48. The molecule has 0 atom stereocenters. The molecule has 0 radical (unpaired) electrons. The maximum Gasteiger partial charge on any atom is 0.119 e. The lowest BCUT2D eigenvalue weighted by Gasteiger charge is -2.31. The quantitative estimate of drug-likeness (QED) is 0.724. The minimum absolute atomic E-state index is 0.459. The van der Waals surface area contributed by atoms with E-state index in [1.54, 1.807) is 12.1 Å². The first-order chi connectivity index (χ1) is 10.3. The molecule has 21 heavy (non-hydrogen) atoms. The predicted molar refractivity (Wildman–Crippen MR) is 82.4 cm³/mol. The summed E-state index contributed by atoms with van der Waals surface area (Å²) in [6.07, 6.45) is 3.77. The molecule has 1 aliphatic rings. The molecule has 1 aromatic carbocycles. The Morgan fingerprint density at radius 2 is 1.95 bits per heavy atom. The Kier molecular flexibility index (Phi) is 6.52. The standard InChI is InChI=1S/C17H24N2O2/c1-2-20-17-8-11-19(12-9-17)10-3-13-21-16-6-4-15(14-18)5-7-16/h4-7,17H,2-3,8-13H2,1H3. The second kappa shape index (κ2) is 8.66. The second-order valence-corrected chi connectivity index (χ2v) is 5.33. The number of hydrogen-bond donors (Lipinski definition) is 0. The molecule has 0 unspecified atom stereocenters. The van der Waals surface area contributed by atoms with Crippen LogP contribution in [0.25, 0.3) is 0 Å². The molecule has 0 aromatic heterocycles. The molecule has 114 valence electrons. The first-order valence-electron chi connectivity index (χ1n) is 7.78. The zero-order valence-electron chi connectivity index (χ0n) is 12.8. The molecule has 1 aromatic rings. The van der Waals surface area contributed by atoms with Gasteiger partial charge in [0.1, 0.15) is 5.75 Å². The zero-order valence-corrected chi connectivity index (χ0v) is 12.8. The van der Waals surface area contributed by atoms with Crippen LogP contribution >= 0.6 is 0 Å². The highest BCUT2D eigenvalue weighted by Crippen LogP contribution is 2.14. The van der Waals surface area contributed by atoms with Gasteiger partial charge in [-0.25, -0.2) is 0 Å². The molecule has 4 nitrogen and oxygen atoms in total. The Bertz CT molecular complexity index is 445. The molecular formula is C17H24N2O2. The monoisotopic (exact) mass is 288 g/mol. The van der Waals surface area contributed by atoms with Gasteiger partial charge in [-0.15, -0.1) is 0 Å². The van der Waals surface area contributed by atoms with Crippen LogP contribution in [0, 0.1) is 11.3 Å². The van der Waals surface area contributed by atoms with Crippen molar-refractivity contribution in [1.29, 1.82) is 5.26 Å². The first-order valence-corrected chi connectivity index (χ1v) is 7.78. The summed E-state index contributed by atoms with van der Waals surface area (Å²) in [5.41, 5.74) is 0.666. The van der Waals surface area contributed by atoms with Gasteiger partial charge in [-0.05, 0) is 50.5 Å². The van der Waals surface area contributed by atoms with Crippen molar-refractivity contribution in [2.45, 2.75) is 32.3 Å². The third kappa shape index (κ3) is 5.37. The topological polar surface area (TPSA) is 45.5 Å². The van der Waals surface area contributed by atoms with Crippen LogP contribution in [0.4, 0.5) is 0 Å². The fourth-order valence-electron chi connectivity index (χ4n) is 2.64. The van der Waals surface area contributed by atoms with E-state index in [1.807, 2.05) is 12.1 Å². The summed E-state index contributed by atoms with van der Waals surface area (Å²) in [5, 5.41) is 8.73. The molecule has 0 N–H and O–H groups in total. The maximum atomic E-state index is 8.73. The summed E-state index contributed by atoms with van der Waals surface area (Å²) in [6.45, 7) is 6.94. The van der Waals surface area contributed by atoms with Crippen LogP contribution in [-0.4, -0.2) is 43.9 Å². The fourth-order valence-corrected chi connectivity index (χ4v) is 2.64. The van der Waals surface area contributed by atoms with E-state index in [-0.39, 0.29) is 0 Å². The maximum absolute atomic E-state index is 8.73. The van der Waals surface area contributed by atoms with Gasteiger partial charge in [0.05, 0.1) is 24.3 Å². The van der Waals surface area contributed by atoms with Crippen molar-refractivity contribution >= 4 is 0 Å². The van der Waals surface area contributed by atoms with E-state index in [2.05, 4.69) is 17.9 Å². The summed E-state index contributed by atoms with van der Waals surface area (Å²) in [7, 11) is 0. The first kappa shape index (κ1) is 15.8. The van der Waals surface area contributed by atoms with Crippen LogP contribution in [0.1, 0.15) is 31.7 Å². The van der Waals surface area contributed by atoms with Gasteiger partial charge >= 0.3 is 0 Å². The average molecular weight is 288 g/mol. The van der Waals surface area contributed by atoms with Gasteiger partial charge < -0.3 is 14.4 Å². The Morgan fingerprint density at radius 1 is 1.24 bits per heavy atom. The lowest BCUT2D eigenvalue weighted by molar-refractivity contribution is 0.0135. The van der Waals surface area contributed by atoms with Crippen molar-refractivity contribution in [3.05, 3.63) is 29.8 Å². The second-order valence-electron chi connectivity index (χ2n) is 5.33. The molecule has 4 heteroatoms. The Hall–Kier alpha value is -1.57. The van der Waals surface area contributed by atoms with Gasteiger partial charge in [0, 0.05) is 26.2 Å². The Balaban J connectivity index is 1.59. The number of rotatable bonds is 7. The highest BCUT2D eigenvalue weighted by Gasteiger charge is 2.18. The van der Waals surface area contributed by atoms with Crippen LogP contribution in [0.5, 0.6) is 5.75 Å². The Labute approximate surface area is 127 Å². The minimum atomic E-state index is 0.459. The fraction of sp³-hybridized carbons (Fsp3) is 0.588. The number of hydrogen-bond acceptors (Lipinski definition) is 4. The third-order valence-corrected chi connectivity index (χ3v) is 3.81. The molecule has 0 bridgehead atoms. The minimum Gasteiger partial charge on any atom is -0.494 e. The van der Waals surface area contributed by atoms with Crippen molar-refractivity contribution in [1.82, 2.24) is 4.90 Å². The molecule has 0 aliphatic carbocycles. The molecule has 2 rings (SSSR count). The molecule has 1 fully saturated rings.